The normalized spacial score (nSPS) is 39.5. The van der Waals surface area contributed by atoms with Crippen molar-refractivity contribution in [1.29, 1.82) is 0 Å². The summed E-state index contributed by atoms with van der Waals surface area (Å²) < 4.78 is 0. The molecule has 0 bridgehead atoms. The third kappa shape index (κ3) is 1.70. The minimum absolute atomic E-state index is 0.0753. The van der Waals surface area contributed by atoms with Gasteiger partial charge in [0.2, 0.25) is 0 Å². The molecule has 3 nitrogen and oxygen atoms in total. The fourth-order valence-corrected chi connectivity index (χ4v) is 2.84. The third-order valence-electron chi connectivity index (χ3n) is 3.62. The molecule has 1 saturated heterocycles. The van der Waals surface area contributed by atoms with E-state index in [9.17, 15) is 4.79 Å². The van der Waals surface area contributed by atoms with Gasteiger partial charge in [0.25, 0.3) is 0 Å². The van der Waals surface area contributed by atoms with Crippen LogP contribution >= 0.6 is 0 Å². The first-order valence-electron chi connectivity index (χ1n) is 5.15. The Morgan fingerprint density at radius 2 is 2.31 bits per heavy atom. The molecule has 2 atom stereocenters. The zero-order valence-electron chi connectivity index (χ0n) is 7.88. The maximum Gasteiger partial charge on any atom is 0.306 e. The Hall–Kier alpha value is -0.570. The fraction of sp³-hybridized carbons (Fsp3) is 0.900. The van der Waals surface area contributed by atoms with Crippen LogP contribution in [0.25, 0.3) is 0 Å². The van der Waals surface area contributed by atoms with Gasteiger partial charge < -0.3 is 10.4 Å². The first-order chi connectivity index (χ1) is 6.22. The zero-order valence-corrected chi connectivity index (χ0v) is 7.88. The van der Waals surface area contributed by atoms with Crippen molar-refractivity contribution in [3.8, 4) is 0 Å². The summed E-state index contributed by atoms with van der Waals surface area (Å²) in [5.41, 5.74) is 0.335. The Labute approximate surface area is 78.5 Å². The summed E-state index contributed by atoms with van der Waals surface area (Å²) in [6.07, 6.45) is 5.28. The molecule has 0 aromatic rings. The van der Waals surface area contributed by atoms with E-state index in [4.69, 9.17) is 5.11 Å². The van der Waals surface area contributed by atoms with E-state index >= 15 is 0 Å². The Morgan fingerprint density at radius 3 is 2.92 bits per heavy atom. The lowest BCUT2D eigenvalue weighted by atomic mass is 9.69. The second kappa shape index (κ2) is 3.29. The molecule has 2 rings (SSSR count). The molecule has 0 aromatic carbocycles. The van der Waals surface area contributed by atoms with Gasteiger partial charge in [-0.05, 0) is 37.6 Å². The Morgan fingerprint density at radius 1 is 1.46 bits per heavy atom. The first-order valence-corrected chi connectivity index (χ1v) is 5.15. The molecule has 1 saturated carbocycles. The quantitative estimate of drug-likeness (QED) is 0.643. The van der Waals surface area contributed by atoms with Crippen LogP contribution in [0.2, 0.25) is 0 Å². The number of hydrogen-bond acceptors (Lipinski definition) is 2. The van der Waals surface area contributed by atoms with E-state index in [-0.39, 0.29) is 5.92 Å². The minimum atomic E-state index is -0.592. The highest BCUT2D eigenvalue weighted by molar-refractivity contribution is 5.70. The molecule has 2 fully saturated rings. The van der Waals surface area contributed by atoms with E-state index in [1.54, 1.807) is 0 Å². The summed E-state index contributed by atoms with van der Waals surface area (Å²) in [5, 5.41) is 12.3. The molecule has 1 heterocycles. The largest absolute Gasteiger partial charge is 0.481 e. The van der Waals surface area contributed by atoms with Crippen LogP contribution in [-0.2, 0) is 4.79 Å². The number of nitrogens with one attached hydrogen (secondary N) is 1. The predicted octanol–water partition coefficient (Wildman–Crippen LogP) is 1.24. The van der Waals surface area contributed by atoms with Crippen LogP contribution in [0.3, 0.4) is 0 Å². The van der Waals surface area contributed by atoms with Crippen LogP contribution in [0, 0.1) is 11.3 Å². The van der Waals surface area contributed by atoms with Gasteiger partial charge in [-0.3, -0.25) is 4.79 Å². The first kappa shape index (κ1) is 9.00. The van der Waals surface area contributed by atoms with Gasteiger partial charge in [0.15, 0.2) is 0 Å². The average molecular weight is 183 g/mol. The smallest absolute Gasteiger partial charge is 0.306 e. The summed E-state index contributed by atoms with van der Waals surface area (Å²) in [5.74, 6) is -0.667. The maximum absolute atomic E-state index is 10.9. The van der Waals surface area contributed by atoms with E-state index in [0.29, 0.717) is 5.41 Å². The van der Waals surface area contributed by atoms with Crippen molar-refractivity contribution in [1.82, 2.24) is 5.32 Å². The maximum atomic E-state index is 10.9. The summed E-state index contributed by atoms with van der Waals surface area (Å²) in [4.78, 5) is 10.9. The summed E-state index contributed by atoms with van der Waals surface area (Å²) in [7, 11) is 0. The molecule has 0 aromatic heterocycles. The molecule has 3 heteroatoms. The highest BCUT2D eigenvalue weighted by Crippen LogP contribution is 2.43. The highest BCUT2D eigenvalue weighted by atomic mass is 16.4. The summed E-state index contributed by atoms with van der Waals surface area (Å²) >= 11 is 0. The van der Waals surface area contributed by atoms with Crippen molar-refractivity contribution >= 4 is 5.97 Å². The minimum Gasteiger partial charge on any atom is -0.481 e. The van der Waals surface area contributed by atoms with Crippen molar-refractivity contribution in [2.24, 2.45) is 11.3 Å². The van der Waals surface area contributed by atoms with E-state index in [1.165, 1.54) is 12.8 Å². The van der Waals surface area contributed by atoms with Crippen LogP contribution < -0.4 is 5.32 Å². The van der Waals surface area contributed by atoms with Crippen LogP contribution in [0.15, 0.2) is 0 Å². The molecular weight excluding hydrogens is 166 g/mol. The second-order valence-corrected chi connectivity index (χ2v) is 4.56. The molecule has 13 heavy (non-hydrogen) atoms. The fourth-order valence-electron chi connectivity index (χ4n) is 2.84. The number of carboxylic acids is 1. The number of carbonyl (C=O) groups is 1. The summed E-state index contributed by atoms with van der Waals surface area (Å²) in [6.45, 7) is 2.11. The van der Waals surface area contributed by atoms with Gasteiger partial charge in [0.1, 0.15) is 0 Å². The summed E-state index contributed by atoms with van der Waals surface area (Å²) in [6, 6.07) is 0. The zero-order chi connectivity index (χ0) is 9.31. The molecule has 1 aliphatic heterocycles. The highest BCUT2D eigenvalue weighted by Gasteiger charge is 2.40. The lowest BCUT2D eigenvalue weighted by Gasteiger charge is -2.35. The van der Waals surface area contributed by atoms with Crippen LogP contribution in [0.5, 0.6) is 0 Å². The Kier molecular flexibility index (Phi) is 2.28. The predicted molar refractivity (Wildman–Crippen MR) is 49.5 cm³/mol. The number of rotatable bonds is 1. The van der Waals surface area contributed by atoms with E-state index in [1.807, 2.05) is 0 Å². The second-order valence-electron chi connectivity index (χ2n) is 4.56. The molecular formula is C10H17NO2. The van der Waals surface area contributed by atoms with Crippen LogP contribution in [-0.4, -0.2) is 24.2 Å². The van der Waals surface area contributed by atoms with Gasteiger partial charge in [0.05, 0.1) is 5.92 Å². The standard InChI is InChI=1S/C10H17NO2/c12-9(13)8-2-1-3-10(6-8)4-5-11-7-10/h8,11H,1-7H2,(H,12,13)/t8-,10-/m0/s1. The van der Waals surface area contributed by atoms with Gasteiger partial charge in [-0.15, -0.1) is 0 Å². The van der Waals surface area contributed by atoms with E-state index in [2.05, 4.69) is 5.32 Å². The number of carboxylic acid groups (broad SMARTS) is 1. The van der Waals surface area contributed by atoms with Crippen molar-refractivity contribution in [2.75, 3.05) is 13.1 Å². The molecule has 0 unspecified atom stereocenters. The van der Waals surface area contributed by atoms with Gasteiger partial charge in [0, 0.05) is 6.54 Å². The van der Waals surface area contributed by atoms with Crippen molar-refractivity contribution in [3.63, 3.8) is 0 Å². The van der Waals surface area contributed by atoms with E-state index < -0.39 is 5.97 Å². The van der Waals surface area contributed by atoms with Gasteiger partial charge in [-0.2, -0.15) is 0 Å². The lowest BCUT2D eigenvalue weighted by molar-refractivity contribution is -0.144. The molecule has 0 amide bonds. The van der Waals surface area contributed by atoms with Crippen molar-refractivity contribution < 1.29 is 9.90 Å². The molecule has 0 radical (unpaired) electrons. The van der Waals surface area contributed by atoms with E-state index in [0.717, 1.165) is 32.4 Å². The Balaban J connectivity index is 2.02. The van der Waals surface area contributed by atoms with Crippen LogP contribution in [0.1, 0.15) is 32.1 Å². The van der Waals surface area contributed by atoms with Crippen molar-refractivity contribution in [3.05, 3.63) is 0 Å². The topological polar surface area (TPSA) is 49.3 Å². The molecule has 2 N–H and O–H groups in total. The molecule has 74 valence electrons. The molecule has 1 spiro atoms. The third-order valence-corrected chi connectivity index (χ3v) is 3.62. The monoisotopic (exact) mass is 183 g/mol. The molecule has 1 aliphatic carbocycles. The van der Waals surface area contributed by atoms with Gasteiger partial charge in [-0.25, -0.2) is 0 Å². The van der Waals surface area contributed by atoms with Crippen molar-refractivity contribution in [2.45, 2.75) is 32.1 Å². The SMILES string of the molecule is O=C(O)[C@H]1CCC[C@]2(CCNC2)C1. The van der Waals surface area contributed by atoms with Gasteiger partial charge >= 0.3 is 5.97 Å². The number of hydrogen-bond donors (Lipinski definition) is 2. The lowest BCUT2D eigenvalue weighted by Crippen LogP contribution is -2.33. The average Bonchev–Trinajstić information content (AvgIpc) is 2.53. The van der Waals surface area contributed by atoms with Crippen LogP contribution in [0.4, 0.5) is 0 Å². The molecule has 2 aliphatic rings. The van der Waals surface area contributed by atoms with Gasteiger partial charge in [-0.1, -0.05) is 6.42 Å². The number of aliphatic carboxylic acids is 1. The Bertz CT molecular complexity index is 209.